The van der Waals surface area contributed by atoms with Crippen molar-refractivity contribution in [3.8, 4) is 11.5 Å². The van der Waals surface area contributed by atoms with Crippen molar-refractivity contribution >= 4 is 27.3 Å². The number of hydrogen-bond donors (Lipinski definition) is 0. The molecule has 1 saturated heterocycles. The zero-order valence-electron chi connectivity index (χ0n) is 17.4. The minimum absolute atomic E-state index is 0.227. The lowest BCUT2D eigenvalue weighted by Gasteiger charge is -2.35. The zero-order chi connectivity index (χ0) is 21.6. The summed E-state index contributed by atoms with van der Waals surface area (Å²) in [5.41, 5.74) is 2.89. The fourth-order valence-electron chi connectivity index (χ4n) is 3.87. The van der Waals surface area contributed by atoms with E-state index in [2.05, 4.69) is 15.1 Å². The summed E-state index contributed by atoms with van der Waals surface area (Å²) in [5.74, 6) is 0.620. The average Bonchev–Trinajstić information content (AvgIpc) is 3.24. The van der Waals surface area contributed by atoms with Crippen LogP contribution in [0.15, 0.2) is 33.6 Å². The van der Waals surface area contributed by atoms with Gasteiger partial charge in [0.05, 0.1) is 5.56 Å². The lowest BCUT2D eigenvalue weighted by atomic mass is 10.2. The van der Waals surface area contributed by atoms with Crippen LogP contribution in [0.2, 0.25) is 5.02 Å². The van der Waals surface area contributed by atoms with Crippen molar-refractivity contribution in [1.82, 2.24) is 19.1 Å². The fourth-order valence-corrected chi connectivity index (χ4v) is 5.96. The third kappa shape index (κ3) is 3.51. The summed E-state index contributed by atoms with van der Waals surface area (Å²) >= 11 is 6.10. The monoisotopic (exact) mass is 449 g/mol. The Hall–Kier alpha value is -2.36. The van der Waals surface area contributed by atoms with Crippen molar-refractivity contribution in [2.45, 2.75) is 25.7 Å². The number of hydrogen-bond acceptors (Lipinski definition) is 6. The molecule has 0 N–H and O–H groups in total. The van der Waals surface area contributed by atoms with Gasteiger partial charge in [0.2, 0.25) is 15.9 Å². The van der Waals surface area contributed by atoms with E-state index in [9.17, 15) is 8.42 Å². The van der Waals surface area contributed by atoms with Gasteiger partial charge in [-0.3, -0.25) is 0 Å². The molecule has 1 aliphatic heterocycles. The number of anilines is 1. The van der Waals surface area contributed by atoms with Gasteiger partial charge in [0.1, 0.15) is 4.90 Å². The van der Waals surface area contributed by atoms with Gasteiger partial charge >= 0.3 is 0 Å². The first kappa shape index (κ1) is 20.9. The molecule has 4 rings (SSSR count). The maximum absolute atomic E-state index is 13.7. The van der Waals surface area contributed by atoms with Gasteiger partial charge in [0, 0.05) is 62.2 Å². The Morgan fingerprint density at radius 2 is 1.73 bits per heavy atom. The molecule has 3 aromatic rings. The first-order valence-corrected chi connectivity index (χ1v) is 11.5. The molecule has 1 aromatic carbocycles. The molecule has 0 bridgehead atoms. The van der Waals surface area contributed by atoms with Crippen LogP contribution in [-0.4, -0.2) is 53.7 Å². The second-order valence-electron chi connectivity index (χ2n) is 7.43. The van der Waals surface area contributed by atoms with E-state index in [1.807, 2.05) is 42.8 Å². The van der Waals surface area contributed by atoms with Crippen LogP contribution in [0.4, 0.5) is 5.69 Å². The van der Waals surface area contributed by atoms with Crippen LogP contribution in [0, 0.1) is 20.8 Å². The first-order valence-electron chi connectivity index (χ1n) is 9.67. The van der Waals surface area contributed by atoms with Gasteiger partial charge in [0.15, 0.2) is 0 Å². The minimum atomic E-state index is -3.75. The quantitative estimate of drug-likeness (QED) is 0.608. The number of halogens is 1. The number of piperazine rings is 1. The van der Waals surface area contributed by atoms with Gasteiger partial charge in [-0.1, -0.05) is 17.7 Å². The smallest absolute Gasteiger partial charge is 0.250 e. The number of aryl methyl sites for hydroxylation is 1. The second kappa shape index (κ2) is 7.72. The maximum atomic E-state index is 13.7. The minimum Gasteiger partial charge on any atom is -0.421 e. The Morgan fingerprint density at radius 3 is 2.33 bits per heavy atom. The summed E-state index contributed by atoms with van der Waals surface area (Å²) in [6.45, 7) is 7.27. The van der Waals surface area contributed by atoms with Gasteiger partial charge in [-0.05, 0) is 32.0 Å². The fraction of sp³-hybridized carbons (Fsp3) is 0.400. The van der Waals surface area contributed by atoms with Crippen LogP contribution >= 0.6 is 11.6 Å². The number of sulfonamides is 1. The van der Waals surface area contributed by atoms with Crippen LogP contribution in [0.25, 0.3) is 11.5 Å². The van der Waals surface area contributed by atoms with E-state index in [0.717, 1.165) is 11.4 Å². The van der Waals surface area contributed by atoms with Crippen molar-refractivity contribution in [2.24, 2.45) is 7.05 Å². The molecule has 2 aromatic heterocycles. The van der Waals surface area contributed by atoms with Gasteiger partial charge in [-0.15, -0.1) is 10.2 Å². The zero-order valence-corrected chi connectivity index (χ0v) is 19.0. The predicted octanol–water partition coefficient (Wildman–Crippen LogP) is 3.16. The molecule has 0 spiro atoms. The number of aromatic nitrogens is 3. The summed E-state index contributed by atoms with van der Waals surface area (Å²) in [6.07, 6.45) is 0. The van der Waals surface area contributed by atoms with E-state index < -0.39 is 10.0 Å². The molecule has 160 valence electrons. The summed E-state index contributed by atoms with van der Waals surface area (Å²) in [6, 6.07) is 7.60. The molecule has 30 heavy (non-hydrogen) atoms. The largest absolute Gasteiger partial charge is 0.421 e. The van der Waals surface area contributed by atoms with Crippen LogP contribution in [0.1, 0.15) is 17.3 Å². The van der Waals surface area contributed by atoms with E-state index >= 15 is 0 Å². The van der Waals surface area contributed by atoms with E-state index in [-0.39, 0.29) is 10.8 Å². The molecular formula is C20H24ClN5O3S. The molecule has 8 nitrogen and oxygen atoms in total. The molecule has 3 heterocycles. The van der Waals surface area contributed by atoms with Gasteiger partial charge in [-0.2, -0.15) is 4.31 Å². The third-order valence-corrected chi connectivity index (χ3v) is 7.97. The highest BCUT2D eigenvalue weighted by Gasteiger charge is 2.36. The van der Waals surface area contributed by atoms with E-state index in [1.54, 1.807) is 13.8 Å². The maximum Gasteiger partial charge on any atom is 0.250 e. The van der Waals surface area contributed by atoms with Crippen LogP contribution in [0.3, 0.4) is 0 Å². The predicted molar refractivity (Wildman–Crippen MR) is 115 cm³/mol. The summed E-state index contributed by atoms with van der Waals surface area (Å²) in [4.78, 5) is 2.38. The Bertz CT molecular complexity index is 1190. The number of benzene rings is 1. The lowest BCUT2D eigenvalue weighted by Crippen LogP contribution is -2.48. The van der Waals surface area contributed by atoms with E-state index in [0.29, 0.717) is 48.3 Å². The Labute approximate surface area is 181 Å². The molecule has 1 fully saturated rings. The molecule has 10 heteroatoms. The summed E-state index contributed by atoms with van der Waals surface area (Å²) < 4.78 is 36.3. The molecule has 0 atom stereocenters. The van der Waals surface area contributed by atoms with E-state index in [4.69, 9.17) is 16.0 Å². The Kier molecular flexibility index (Phi) is 5.37. The number of rotatable bonds is 4. The van der Waals surface area contributed by atoms with Crippen molar-refractivity contribution in [3.05, 3.63) is 46.6 Å². The Morgan fingerprint density at radius 1 is 1.03 bits per heavy atom. The highest BCUT2D eigenvalue weighted by molar-refractivity contribution is 7.89. The summed E-state index contributed by atoms with van der Waals surface area (Å²) in [5, 5.41) is 8.62. The van der Waals surface area contributed by atoms with E-state index in [1.165, 1.54) is 4.31 Å². The van der Waals surface area contributed by atoms with Crippen LogP contribution in [-0.2, 0) is 17.1 Å². The van der Waals surface area contributed by atoms with Crippen LogP contribution < -0.4 is 4.90 Å². The lowest BCUT2D eigenvalue weighted by molar-refractivity contribution is 0.384. The average molecular weight is 450 g/mol. The van der Waals surface area contributed by atoms with Crippen molar-refractivity contribution in [2.75, 3.05) is 31.1 Å². The SMILES string of the molecule is Cc1nnc(-c2c(S(=O)(=O)N3CCN(c4cccc(Cl)c4)CC3)c(C)n(C)c2C)o1. The van der Waals surface area contributed by atoms with Crippen molar-refractivity contribution in [3.63, 3.8) is 0 Å². The molecule has 0 amide bonds. The standard InChI is InChI=1S/C20H24ClN5O3S/c1-13-18(20-23-22-15(3)29-20)19(14(2)24(13)4)30(27,28)26-10-8-25(9-11-26)17-7-5-6-16(21)12-17/h5-7,12H,8-11H2,1-4H3. The normalized spacial score (nSPS) is 15.7. The van der Waals surface area contributed by atoms with Crippen molar-refractivity contribution < 1.29 is 12.8 Å². The first-order chi connectivity index (χ1) is 14.2. The van der Waals surface area contributed by atoms with Crippen LogP contribution in [0.5, 0.6) is 0 Å². The highest BCUT2D eigenvalue weighted by Crippen LogP contribution is 2.36. The molecule has 0 aliphatic carbocycles. The molecule has 0 radical (unpaired) electrons. The molecule has 0 saturated carbocycles. The van der Waals surface area contributed by atoms with Gasteiger partial charge < -0.3 is 13.9 Å². The Balaban J connectivity index is 1.66. The topological polar surface area (TPSA) is 84.5 Å². The van der Waals surface area contributed by atoms with Gasteiger partial charge in [0.25, 0.3) is 5.89 Å². The number of nitrogens with zero attached hydrogens (tertiary/aromatic N) is 5. The summed E-state index contributed by atoms with van der Waals surface area (Å²) in [7, 11) is -1.90. The second-order valence-corrected chi connectivity index (χ2v) is 9.74. The third-order valence-electron chi connectivity index (χ3n) is 5.67. The molecule has 0 unspecified atom stereocenters. The van der Waals surface area contributed by atoms with Gasteiger partial charge in [-0.25, -0.2) is 8.42 Å². The highest BCUT2D eigenvalue weighted by atomic mass is 35.5. The molecule has 1 aliphatic rings. The molecular weight excluding hydrogens is 426 g/mol. The van der Waals surface area contributed by atoms with Crippen molar-refractivity contribution in [1.29, 1.82) is 0 Å².